The van der Waals surface area contributed by atoms with Gasteiger partial charge in [-0.15, -0.1) is 0 Å². The van der Waals surface area contributed by atoms with E-state index in [0.29, 0.717) is 18.6 Å². The van der Waals surface area contributed by atoms with Gasteiger partial charge in [-0.05, 0) is 26.2 Å². The molecule has 5 heteroatoms. The lowest BCUT2D eigenvalue weighted by atomic mass is 9.88. The van der Waals surface area contributed by atoms with Crippen molar-refractivity contribution in [3.63, 3.8) is 0 Å². The Bertz CT molecular complexity index is 306. The third-order valence-corrected chi connectivity index (χ3v) is 3.66. The van der Waals surface area contributed by atoms with Gasteiger partial charge in [-0.1, -0.05) is 0 Å². The van der Waals surface area contributed by atoms with Gasteiger partial charge in [0.05, 0.1) is 12.5 Å². The second-order valence-corrected chi connectivity index (χ2v) is 4.71. The van der Waals surface area contributed by atoms with Crippen molar-refractivity contribution in [3.05, 3.63) is 0 Å². The third-order valence-electron chi connectivity index (χ3n) is 3.66. The van der Waals surface area contributed by atoms with E-state index < -0.39 is 5.91 Å². The van der Waals surface area contributed by atoms with E-state index in [1.807, 2.05) is 6.92 Å². The molecule has 0 aromatic rings. The average Bonchev–Trinajstić information content (AvgIpc) is 2.86. The molecule has 3 N–H and O–H groups in total. The van der Waals surface area contributed by atoms with Crippen LogP contribution in [0.15, 0.2) is 0 Å². The number of nitrogens with zero attached hydrogens (tertiary/aromatic N) is 1. The molecule has 5 nitrogen and oxygen atoms in total. The van der Waals surface area contributed by atoms with Crippen LogP contribution in [0.4, 0.5) is 0 Å². The third kappa shape index (κ3) is 2.04. The molecule has 3 atom stereocenters. The number of likely N-dealkylation sites (N-methyl/N-ethyl adjacent to an activating group) is 1. The SMILES string of the molecule is CCN(CC(N)=O)C(=O)C1CC2CCC1N2. The van der Waals surface area contributed by atoms with Crippen LogP contribution in [0.5, 0.6) is 0 Å². The molecule has 2 amide bonds. The molecule has 0 aromatic heterocycles. The van der Waals surface area contributed by atoms with Crippen molar-refractivity contribution in [2.45, 2.75) is 38.3 Å². The van der Waals surface area contributed by atoms with Crippen LogP contribution in [0.2, 0.25) is 0 Å². The molecule has 0 aliphatic carbocycles. The molecule has 90 valence electrons. The number of nitrogens with two attached hydrogens (primary N) is 1. The monoisotopic (exact) mass is 225 g/mol. The normalized spacial score (nSPS) is 31.7. The molecule has 3 unspecified atom stereocenters. The molecule has 2 fully saturated rings. The summed E-state index contributed by atoms with van der Waals surface area (Å²) in [6.45, 7) is 2.47. The van der Waals surface area contributed by atoms with Crippen LogP contribution in [0.1, 0.15) is 26.2 Å². The molecular formula is C11H19N3O2. The van der Waals surface area contributed by atoms with E-state index in [0.717, 1.165) is 12.8 Å². The number of hydrogen-bond donors (Lipinski definition) is 2. The van der Waals surface area contributed by atoms with E-state index in [1.54, 1.807) is 4.90 Å². The fraction of sp³-hybridized carbons (Fsp3) is 0.818. The Labute approximate surface area is 95.3 Å². The first-order valence-corrected chi connectivity index (χ1v) is 5.95. The van der Waals surface area contributed by atoms with Crippen LogP contribution < -0.4 is 11.1 Å². The van der Waals surface area contributed by atoms with Gasteiger partial charge < -0.3 is 16.0 Å². The van der Waals surface area contributed by atoms with Gasteiger partial charge in [0.2, 0.25) is 11.8 Å². The van der Waals surface area contributed by atoms with Gasteiger partial charge in [0.1, 0.15) is 0 Å². The zero-order valence-corrected chi connectivity index (χ0v) is 9.61. The van der Waals surface area contributed by atoms with Gasteiger partial charge in [0, 0.05) is 18.6 Å². The summed E-state index contributed by atoms with van der Waals surface area (Å²) < 4.78 is 0. The molecule has 2 rings (SSSR count). The first-order valence-electron chi connectivity index (χ1n) is 5.95. The zero-order valence-electron chi connectivity index (χ0n) is 9.61. The summed E-state index contributed by atoms with van der Waals surface area (Å²) in [4.78, 5) is 24.6. The largest absolute Gasteiger partial charge is 0.368 e. The molecule has 0 spiro atoms. The Balaban J connectivity index is 1.97. The minimum atomic E-state index is -0.439. The zero-order chi connectivity index (χ0) is 11.7. The number of nitrogens with one attached hydrogen (secondary N) is 1. The predicted molar refractivity (Wildman–Crippen MR) is 59.5 cm³/mol. The highest BCUT2D eigenvalue weighted by Crippen LogP contribution is 2.34. The molecular weight excluding hydrogens is 206 g/mol. The van der Waals surface area contributed by atoms with Crippen molar-refractivity contribution < 1.29 is 9.59 Å². The summed E-state index contributed by atoms with van der Waals surface area (Å²) in [5.74, 6) is -0.301. The van der Waals surface area contributed by atoms with Crippen molar-refractivity contribution in [2.75, 3.05) is 13.1 Å². The van der Waals surface area contributed by atoms with Crippen LogP contribution in [0, 0.1) is 5.92 Å². The standard InChI is InChI=1S/C11H19N3O2/c1-2-14(6-10(12)15)11(16)8-5-7-3-4-9(8)13-7/h7-9,13H,2-6H2,1H3,(H2,12,15). The topological polar surface area (TPSA) is 75.4 Å². The summed E-state index contributed by atoms with van der Waals surface area (Å²) in [5, 5.41) is 3.43. The van der Waals surface area contributed by atoms with Crippen molar-refractivity contribution in [1.82, 2.24) is 10.2 Å². The highest BCUT2D eigenvalue weighted by molar-refractivity contribution is 5.85. The number of rotatable bonds is 4. The second-order valence-electron chi connectivity index (χ2n) is 4.71. The molecule has 0 radical (unpaired) electrons. The van der Waals surface area contributed by atoms with E-state index in [2.05, 4.69) is 5.32 Å². The van der Waals surface area contributed by atoms with Crippen LogP contribution in [-0.4, -0.2) is 41.9 Å². The van der Waals surface area contributed by atoms with E-state index in [9.17, 15) is 9.59 Å². The number of carbonyl (C=O) groups excluding carboxylic acids is 2. The van der Waals surface area contributed by atoms with Gasteiger partial charge in [-0.2, -0.15) is 0 Å². The lowest BCUT2D eigenvalue weighted by Gasteiger charge is -2.26. The van der Waals surface area contributed by atoms with Gasteiger partial charge in [0.25, 0.3) is 0 Å². The minimum absolute atomic E-state index is 0.0449. The summed E-state index contributed by atoms with van der Waals surface area (Å²) in [7, 11) is 0. The first-order chi connectivity index (χ1) is 7.61. The van der Waals surface area contributed by atoms with Crippen molar-refractivity contribution >= 4 is 11.8 Å². The Kier molecular flexibility index (Phi) is 3.14. The quantitative estimate of drug-likeness (QED) is 0.674. The fourth-order valence-corrected chi connectivity index (χ4v) is 2.87. The van der Waals surface area contributed by atoms with Gasteiger partial charge in [-0.3, -0.25) is 9.59 Å². The van der Waals surface area contributed by atoms with Crippen molar-refractivity contribution in [2.24, 2.45) is 11.7 Å². The van der Waals surface area contributed by atoms with Crippen LogP contribution in [-0.2, 0) is 9.59 Å². The predicted octanol–water partition coefficient (Wildman–Crippen LogP) is -0.539. The molecule has 2 aliphatic rings. The van der Waals surface area contributed by atoms with Crippen molar-refractivity contribution in [3.8, 4) is 0 Å². The van der Waals surface area contributed by atoms with Gasteiger partial charge >= 0.3 is 0 Å². The Morgan fingerprint density at radius 2 is 2.19 bits per heavy atom. The molecule has 2 aliphatic heterocycles. The molecule has 2 heterocycles. The second kappa shape index (κ2) is 4.41. The maximum Gasteiger partial charge on any atom is 0.237 e. The van der Waals surface area contributed by atoms with Gasteiger partial charge in [-0.25, -0.2) is 0 Å². The number of primary amides is 1. The molecule has 0 saturated carbocycles. The average molecular weight is 225 g/mol. The van der Waals surface area contributed by atoms with Crippen molar-refractivity contribution in [1.29, 1.82) is 0 Å². The number of carbonyl (C=O) groups is 2. The summed E-state index contributed by atoms with van der Waals surface area (Å²) >= 11 is 0. The van der Waals surface area contributed by atoms with Gasteiger partial charge in [0.15, 0.2) is 0 Å². The Morgan fingerprint density at radius 1 is 1.44 bits per heavy atom. The summed E-state index contributed by atoms with van der Waals surface area (Å²) in [6, 6.07) is 0.825. The maximum atomic E-state index is 12.2. The lowest BCUT2D eigenvalue weighted by molar-refractivity contribution is -0.139. The number of fused-ring (bicyclic) bond motifs is 2. The molecule has 2 saturated heterocycles. The minimum Gasteiger partial charge on any atom is -0.368 e. The van der Waals surface area contributed by atoms with E-state index in [-0.39, 0.29) is 18.4 Å². The highest BCUT2D eigenvalue weighted by atomic mass is 16.2. The van der Waals surface area contributed by atoms with Crippen LogP contribution >= 0.6 is 0 Å². The van der Waals surface area contributed by atoms with E-state index in [4.69, 9.17) is 5.73 Å². The summed E-state index contributed by atoms with van der Waals surface area (Å²) in [5.41, 5.74) is 5.13. The lowest BCUT2D eigenvalue weighted by Crippen LogP contribution is -2.44. The van der Waals surface area contributed by atoms with Crippen LogP contribution in [0.3, 0.4) is 0 Å². The first kappa shape index (κ1) is 11.4. The fourth-order valence-electron chi connectivity index (χ4n) is 2.87. The molecule has 2 bridgehead atoms. The smallest absolute Gasteiger partial charge is 0.237 e. The summed E-state index contributed by atoms with van der Waals surface area (Å²) in [6.07, 6.45) is 3.17. The van der Waals surface area contributed by atoms with E-state index in [1.165, 1.54) is 6.42 Å². The highest BCUT2D eigenvalue weighted by Gasteiger charge is 2.43. The Hall–Kier alpha value is -1.10. The number of amides is 2. The van der Waals surface area contributed by atoms with E-state index >= 15 is 0 Å². The number of hydrogen-bond acceptors (Lipinski definition) is 3. The molecule has 0 aromatic carbocycles. The maximum absolute atomic E-state index is 12.2. The van der Waals surface area contributed by atoms with Crippen LogP contribution in [0.25, 0.3) is 0 Å². The Morgan fingerprint density at radius 3 is 2.62 bits per heavy atom. The molecule has 16 heavy (non-hydrogen) atoms.